The minimum atomic E-state index is -0.199. The topological polar surface area (TPSA) is 42.3 Å². The fourth-order valence-corrected chi connectivity index (χ4v) is 5.85. The molecule has 0 amide bonds. The Hall–Kier alpha value is -2.77. The molecule has 0 bridgehead atoms. The first-order valence-corrected chi connectivity index (χ1v) is 12.8. The summed E-state index contributed by atoms with van der Waals surface area (Å²) in [4.78, 5) is 6.74. The molecule has 2 aromatic heterocycles. The number of nitrogens with zero attached hydrogens (tertiary/aromatic N) is 3. The van der Waals surface area contributed by atoms with Crippen LogP contribution in [0.2, 0.25) is 15.1 Å². The van der Waals surface area contributed by atoms with E-state index in [0.717, 1.165) is 34.0 Å². The zero-order valence-corrected chi connectivity index (χ0v) is 22.9. The van der Waals surface area contributed by atoms with Gasteiger partial charge >= 0.3 is 0 Å². The quantitative estimate of drug-likeness (QED) is 0.256. The van der Waals surface area contributed by atoms with Gasteiger partial charge in [-0.25, -0.2) is 0 Å². The Morgan fingerprint density at radius 3 is 2.47 bits per heavy atom. The first kappa shape index (κ1) is 24.9. The van der Waals surface area contributed by atoms with Crippen LogP contribution in [0.1, 0.15) is 34.7 Å². The number of pyridine rings is 1. The molecule has 2 atom stereocenters. The Bertz CT molecular complexity index is 1460. The molecule has 0 radical (unpaired) electrons. The molecule has 1 aliphatic heterocycles. The van der Waals surface area contributed by atoms with Crippen molar-refractivity contribution in [3.63, 3.8) is 0 Å². The average Bonchev–Trinajstić information content (AvgIpc) is 3.36. The summed E-state index contributed by atoms with van der Waals surface area (Å²) in [5.74, 6) is 0.602. The van der Waals surface area contributed by atoms with Crippen molar-refractivity contribution in [1.29, 1.82) is 0 Å². The van der Waals surface area contributed by atoms with Gasteiger partial charge in [-0.2, -0.15) is 0 Å². The highest BCUT2D eigenvalue weighted by molar-refractivity contribution is 7.80. The molecule has 4 aromatic rings. The van der Waals surface area contributed by atoms with E-state index >= 15 is 0 Å². The van der Waals surface area contributed by atoms with Crippen LogP contribution in [0.3, 0.4) is 0 Å². The van der Waals surface area contributed by atoms with Crippen LogP contribution < -0.4 is 15.0 Å². The van der Waals surface area contributed by atoms with E-state index in [2.05, 4.69) is 39.7 Å². The lowest BCUT2D eigenvalue weighted by Crippen LogP contribution is -2.29. The van der Waals surface area contributed by atoms with E-state index in [4.69, 9.17) is 51.8 Å². The van der Waals surface area contributed by atoms with Gasteiger partial charge in [-0.3, -0.25) is 4.98 Å². The molecule has 2 aromatic carbocycles. The predicted molar refractivity (Wildman–Crippen MR) is 151 cm³/mol. The van der Waals surface area contributed by atoms with Crippen LogP contribution >= 0.6 is 47.0 Å². The minimum Gasteiger partial charge on any atom is -0.495 e. The number of benzene rings is 2. The third kappa shape index (κ3) is 4.22. The van der Waals surface area contributed by atoms with Crippen LogP contribution in [0.15, 0.2) is 66.9 Å². The number of aryl methyl sites for hydroxylation is 1. The molecule has 5 rings (SSSR count). The molecule has 0 aliphatic carbocycles. The minimum absolute atomic E-state index is 0.191. The number of nitrogens with one attached hydrogen (secondary N) is 1. The average molecular weight is 558 g/mol. The van der Waals surface area contributed by atoms with E-state index in [-0.39, 0.29) is 12.1 Å². The van der Waals surface area contributed by atoms with Crippen molar-refractivity contribution in [3.05, 3.63) is 105 Å². The summed E-state index contributed by atoms with van der Waals surface area (Å²) in [6, 6.07) is 19.0. The number of ether oxygens (including phenoxy) is 1. The number of halogens is 3. The lowest BCUT2D eigenvalue weighted by atomic mass is 9.96. The van der Waals surface area contributed by atoms with Gasteiger partial charge in [0, 0.05) is 23.3 Å². The summed E-state index contributed by atoms with van der Waals surface area (Å²) in [5.41, 5.74) is 5.70. The second-order valence-corrected chi connectivity index (χ2v) is 10.1. The van der Waals surface area contributed by atoms with Gasteiger partial charge in [-0.05, 0) is 80.2 Å². The first-order chi connectivity index (χ1) is 17.3. The Morgan fingerprint density at radius 2 is 1.78 bits per heavy atom. The third-order valence-electron chi connectivity index (χ3n) is 6.47. The van der Waals surface area contributed by atoms with Crippen LogP contribution in [-0.2, 0) is 0 Å². The number of hydrogen-bond donors (Lipinski definition) is 1. The van der Waals surface area contributed by atoms with Gasteiger partial charge < -0.3 is 19.5 Å². The summed E-state index contributed by atoms with van der Waals surface area (Å²) in [7, 11) is 1.60. The summed E-state index contributed by atoms with van der Waals surface area (Å²) >= 11 is 25.4. The van der Waals surface area contributed by atoms with Crippen molar-refractivity contribution >= 4 is 57.8 Å². The monoisotopic (exact) mass is 556 g/mol. The van der Waals surface area contributed by atoms with E-state index < -0.39 is 0 Å². The molecule has 1 aliphatic rings. The number of aromatic nitrogens is 2. The zero-order chi connectivity index (χ0) is 25.6. The number of hydrogen-bond acceptors (Lipinski definition) is 3. The molecule has 1 N–H and O–H groups in total. The molecule has 9 heteroatoms. The first-order valence-electron chi connectivity index (χ1n) is 11.3. The fourth-order valence-electron chi connectivity index (χ4n) is 4.88. The Morgan fingerprint density at radius 1 is 0.972 bits per heavy atom. The molecule has 0 saturated carbocycles. The fraction of sp³-hybridized carbons (Fsp3) is 0.185. The van der Waals surface area contributed by atoms with Crippen LogP contribution in [0.5, 0.6) is 5.75 Å². The summed E-state index contributed by atoms with van der Waals surface area (Å²) in [5, 5.41) is 5.60. The lowest BCUT2D eigenvalue weighted by Gasteiger charge is -2.28. The Kier molecular flexibility index (Phi) is 6.88. The van der Waals surface area contributed by atoms with Gasteiger partial charge in [-0.1, -0.05) is 46.9 Å². The predicted octanol–water partition coefficient (Wildman–Crippen LogP) is 7.64. The van der Waals surface area contributed by atoms with Crippen molar-refractivity contribution in [2.45, 2.75) is 25.9 Å². The van der Waals surface area contributed by atoms with Crippen molar-refractivity contribution in [2.75, 3.05) is 12.0 Å². The highest BCUT2D eigenvalue weighted by Gasteiger charge is 2.42. The van der Waals surface area contributed by atoms with E-state index in [1.807, 2.05) is 48.5 Å². The smallest absolute Gasteiger partial charge is 0.174 e. The standard InChI is InChI=1S/C27H23Cl3N4OS/c1-15-13-18(16(2)33(15)22-9-6-7-19(28)24(22)30)26-25(21-8-4-5-12-31-21)32-27(36)34(26)17-10-11-23(35-3)20(29)14-17/h4-14,25-26H,1-3H3,(H,32,36)/t25-,26+/m1/s1. The summed E-state index contributed by atoms with van der Waals surface area (Å²) in [6.07, 6.45) is 1.79. The van der Waals surface area contributed by atoms with E-state index in [0.29, 0.717) is 25.9 Å². The van der Waals surface area contributed by atoms with Gasteiger partial charge in [0.15, 0.2) is 5.11 Å². The van der Waals surface area contributed by atoms with Crippen molar-refractivity contribution in [3.8, 4) is 11.4 Å². The molecule has 5 nitrogen and oxygen atoms in total. The van der Waals surface area contributed by atoms with Gasteiger partial charge in [0.25, 0.3) is 0 Å². The van der Waals surface area contributed by atoms with Crippen molar-refractivity contribution in [1.82, 2.24) is 14.9 Å². The number of thiocarbonyl (C=S) groups is 1. The van der Waals surface area contributed by atoms with Gasteiger partial charge in [0.05, 0.1) is 45.6 Å². The second kappa shape index (κ2) is 9.94. The maximum absolute atomic E-state index is 6.63. The van der Waals surface area contributed by atoms with Gasteiger partial charge in [-0.15, -0.1) is 0 Å². The Labute approximate surface area is 230 Å². The largest absolute Gasteiger partial charge is 0.495 e. The molecule has 0 spiro atoms. The SMILES string of the molecule is COc1ccc(N2C(=S)N[C@H](c3ccccn3)[C@@H]2c2cc(C)n(-c3cccc(Cl)c3Cl)c2C)cc1Cl. The van der Waals surface area contributed by atoms with E-state index in [1.54, 1.807) is 19.4 Å². The van der Waals surface area contributed by atoms with Gasteiger partial charge in [0.2, 0.25) is 0 Å². The van der Waals surface area contributed by atoms with Crippen LogP contribution in [0.4, 0.5) is 5.69 Å². The molecule has 36 heavy (non-hydrogen) atoms. The van der Waals surface area contributed by atoms with Crippen LogP contribution in [0, 0.1) is 13.8 Å². The molecular formula is C27H23Cl3N4OS. The summed E-state index contributed by atoms with van der Waals surface area (Å²) < 4.78 is 7.49. The highest BCUT2D eigenvalue weighted by atomic mass is 35.5. The Balaban J connectivity index is 1.70. The molecule has 184 valence electrons. The normalized spacial score (nSPS) is 17.4. The molecular weight excluding hydrogens is 535 g/mol. The van der Waals surface area contributed by atoms with Crippen LogP contribution in [-0.4, -0.2) is 21.8 Å². The maximum atomic E-state index is 6.63. The number of anilines is 1. The summed E-state index contributed by atoms with van der Waals surface area (Å²) in [6.45, 7) is 4.13. The van der Waals surface area contributed by atoms with E-state index in [1.165, 1.54) is 0 Å². The van der Waals surface area contributed by atoms with Crippen LogP contribution in [0.25, 0.3) is 5.69 Å². The lowest BCUT2D eigenvalue weighted by molar-refractivity contribution is 0.415. The van der Waals surface area contributed by atoms with Crippen molar-refractivity contribution in [2.24, 2.45) is 0 Å². The second-order valence-electron chi connectivity index (χ2n) is 8.55. The number of rotatable bonds is 5. The molecule has 3 heterocycles. The van der Waals surface area contributed by atoms with E-state index in [9.17, 15) is 0 Å². The maximum Gasteiger partial charge on any atom is 0.174 e. The molecule has 0 unspecified atom stereocenters. The highest BCUT2D eigenvalue weighted by Crippen LogP contribution is 2.45. The van der Waals surface area contributed by atoms with Gasteiger partial charge in [0.1, 0.15) is 5.75 Å². The third-order valence-corrected chi connectivity index (χ3v) is 7.89. The number of methoxy groups -OCH3 is 1. The van der Waals surface area contributed by atoms with Crippen molar-refractivity contribution < 1.29 is 4.74 Å². The zero-order valence-electron chi connectivity index (χ0n) is 19.8. The molecule has 1 saturated heterocycles. The molecule has 1 fully saturated rings.